The number of aliphatic hydroxyl groups excluding tert-OH is 1. The Labute approximate surface area is 313 Å². The third-order valence-corrected chi connectivity index (χ3v) is 8.19. The Bertz CT molecular complexity index is 1750. The molecule has 258 valence electrons. The van der Waals surface area contributed by atoms with E-state index < -0.39 is 0 Å². The van der Waals surface area contributed by atoms with E-state index in [1.165, 1.54) is 49.8 Å². The Hall–Kier alpha value is -5.85. The minimum Gasteiger partial charge on any atom is -0.397 e. The summed E-state index contributed by atoms with van der Waals surface area (Å²) in [6.45, 7) is 1.93. The zero-order chi connectivity index (χ0) is 36.5. The maximum Gasteiger partial charge on any atom is 0.0402 e. The third kappa shape index (κ3) is 13.8. The van der Waals surface area contributed by atoms with Gasteiger partial charge in [0.25, 0.3) is 0 Å². The van der Waals surface area contributed by atoms with Crippen molar-refractivity contribution < 1.29 is 5.11 Å². The summed E-state index contributed by atoms with van der Waals surface area (Å²) in [7, 11) is 2.76. The van der Waals surface area contributed by atoms with Gasteiger partial charge in [0.2, 0.25) is 0 Å². The molecule has 2 heteroatoms. The van der Waals surface area contributed by atoms with Crippen LogP contribution in [0.1, 0.15) is 6.92 Å². The second-order valence-corrected chi connectivity index (χ2v) is 12.1. The number of hydrogen-bond acceptors (Lipinski definition) is 1. The average molecular weight is 695 g/mol. The van der Waals surface area contributed by atoms with Crippen molar-refractivity contribution in [3.8, 4) is 44.5 Å². The van der Waals surface area contributed by atoms with Crippen LogP contribution in [-0.4, -0.2) is 11.7 Å². The van der Waals surface area contributed by atoms with Crippen molar-refractivity contribution >= 4 is 14.5 Å². The fourth-order valence-corrected chi connectivity index (χ4v) is 5.54. The van der Waals surface area contributed by atoms with Crippen LogP contribution in [0.3, 0.4) is 0 Å². The normalized spacial score (nSPS) is 9.52. The Morgan fingerprint density at radius 2 is 0.462 bits per heavy atom. The van der Waals surface area contributed by atoms with E-state index in [-0.39, 0.29) is 6.61 Å². The molecule has 1 unspecified atom stereocenters. The smallest absolute Gasteiger partial charge is 0.0402 e. The van der Waals surface area contributed by atoms with E-state index in [9.17, 15) is 0 Å². The van der Waals surface area contributed by atoms with Gasteiger partial charge >= 0.3 is 0 Å². The van der Waals surface area contributed by atoms with Gasteiger partial charge in [0.1, 0.15) is 0 Å². The summed E-state index contributed by atoms with van der Waals surface area (Å²) in [5, 5.41) is 8.81. The molecule has 8 aromatic rings. The number of benzene rings is 8. The second kappa shape index (κ2) is 23.5. The molecule has 0 spiro atoms. The van der Waals surface area contributed by atoms with E-state index in [1.54, 1.807) is 6.92 Å². The van der Waals surface area contributed by atoms with Crippen LogP contribution in [0.25, 0.3) is 44.5 Å². The van der Waals surface area contributed by atoms with E-state index in [0.29, 0.717) is 0 Å². The number of hydrogen-bond donors (Lipinski definition) is 1. The van der Waals surface area contributed by atoms with Crippen molar-refractivity contribution in [1.82, 2.24) is 0 Å². The number of rotatable bonds is 4. The fraction of sp³-hybridized carbons (Fsp3) is 0.0400. The molecule has 8 aromatic carbocycles. The maximum atomic E-state index is 7.57. The minimum absolute atomic E-state index is 0.250. The summed E-state index contributed by atoms with van der Waals surface area (Å²) in [5.41, 5.74) is 10.2. The standard InChI is InChI=1S/C12H11P.3C12H10.C2H6O/c13-12-9-5-4-8-11(12)10-6-2-1-3-7-10;3*1-3-7-11(8-4-1)12-9-5-2-6-10-12;1-2-3/h1-9H,13H2;3*1-10H;3H,2H2,1H3. The lowest BCUT2D eigenvalue weighted by Gasteiger charge is -2.03. The molecular weight excluding hydrogens is 648 g/mol. The molecule has 1 N–H and O–H groups in total. The first kappa shape index (κ1) is 38.9. The summed E-state index contributed by atoms with van der Waals surface area (Å²) in [4.78, 5) is 0. The zero-order valence-electron chi connectivity index (χ0n) is 29.7. The molecular formula is C50H47OP. The van der Waals surface area contributed by atoms with E-state index in [1.807, 2.05) is 42.5 Å². The van der Waals surface area contributed by atoms with Gasteiger partial charge < -0.3 is 5.11 Å². The van der Waals surface area contributed by atoms with Crippen LogP contribution < -0.4 is 5.30 Å². The molecule has 0 amide bonds. The van der Waals surface area contributed by atoms with Crippen molar-refractivity contribution in [2.75, 3.05) is 6.61 Å². The zero-order valence-corrected chi connectivity index (χ0v) is 30.9. The SMILES string of the molecule is CCO.Pc1ccccc1-c1ccccc1.c1ccc(-c2ccccc2)cc1.c1ccc(-c2ccccc2)cc1.c1ccc(-c2ccccc2)cc1. The lowest BCUT2D eigenvalue weighted by Crippen LogP contribution is -1.94. The van der Waals surface area contributed by atoms with E-state index >= 15 is 0 Å². The van der Waals surface area contributed by atoms with Crippen LogP contribution in [0.15, 0.2) is 237 Å². The van der Waals surface area contributed by atoms with Crippen LogP contribution in [0.2, 0.25) is 0 Å². The molecule has 0 heterocycles. The van der Waals surface area contributed by atoms with Gasteiger partial charge in [0.15, 0.2) is 0 Å². The van der Waals surface area contributed by atoms with Crippen molar-refractivity contribution in [1.29, 1.82) is 0 Å². The predicted molar refractivity (Wildman–Crippen MR) is 230 cm³/mol. The molecule has 1 atom stereocenters. The Morgan fingerprint density at radius 1 is 0.288 bits per heavy atom. The monoisotopic (exact) mass is 694 g/mol. The first-order chi connectivity index (χ1) is 25.7. The van der Waals surface area contributed by atoms with Gasteiger partial charge in [-0.3, -0.25) is 0 Å². The van der Waals surface area contributed by atoms with Crippen LogP contribution >= 0.6 is 9.24 Å². The molecule has 0 saturated carbocycles. The molecule has 52 heavy (non-hydrogen) atoms. The van der Waals surface area contributed by atoms with Gasteiger partial charge in [-0.1, -0.05) is 237 Å². The molecule has 0 bridgehead atoms. The lowest BCUT2D eigenvalue weighted by molar-refractivity contribution is 0.318. The maximum absolute atomic E-state index is 7.57. The van der Waals surface area contributed by atoms with E-state index in [0.717, 1.165) is 0 Å². The highest BCUT2D eigenvalue weighted by Crippen LogP contribution is 2.20. The van der Waals surface area contributed by atoms with Crippen LogP contribution in [0.5, 0.6) is 0 Å². The van der Waals surface area contributed by atoms with Crippen LogP contribution in [0, 0.1) is 0 Å². The Balaban J connectivity index is 0.000000151. The van der Waals surface area contributed by atoms with Crippen LogP contribution in [0.4, 0.5) is 0 Å². The molecule has 0 radical (unpaired) electrons. The first-order valence-electron chi connectivity index (χ1n) is 17.5. The van der Waals surface area contributed by atoms with Gasteiger partial charge in [0.05, 0.1) is 0 Å². The molecule has 0 fully saturated rings. The largest absolute Gasteiger partial charge is 0.397 e. The van der Waals surface area contributed by atoms with Crippen molar-refractivity contribution in [3.05, 3.63) is 237 Å². The molecule has 1 nitrogen and oxygen atoms in total. The summed E-state index contributed by atoms with van der Waals surface area (Å²) in [6.07, 6.45) is 0. The highest BCUT2D eigenvalue weighted by molar-refractivity contribution is 7.28. The second-order valence-electron chi connectivity index (χ2n) is 11.5. The van der Waals surface area contributed by atoms with Crippen molar-refractivity contribution in [2.24, 2.45) is 0 Å². The van der Waals surface area contributed by atoms with Gasteiger partial charge in [-0.05, 0) is 56.7 Å². The summed E-state index contributed by atoms with van der Waals surface area (Å²) in [6, 6.07) is 81.1. The fourth-order valence-electron chi connectivity index (χ4n) is 5.16. The Morgan fingerprint density at radius 3 is 0.673 bits per heavy atom. The summed E-state index contributed by atoms with van der Waals surface area (Å²) < 4.78 is 0. The number of aliphatic hydroxyl groups is 1. The molecule has 0 aliphatic rings. The van der Waals surface area contributed by atoms with Crippen molar-refractivity contribution in [2.45, 2.75) is 6.92 Å². The van der Waals surface area contributed by atoms with Crippen molar-refractivity contribution in [3.63, 3.8) is 0 Å². The highest BCUT2D eigenvalue weighted by atomic mass is 31.0. The molecule has 0 aliphatic heterocycles. The molecule has 0 saturated heterocycles. The quantitative estimate of drug-likeness (QED) is 0.182. The van der Waals surface area contributed by atoms with E-state index in [2.05, 4.69) is 203 Å². The van der Waals surface area contributed by atoms with Gasteiger partial charge in [-0.2, -0.15) is 0 Å². The molecule has 0 aromatic heterocycles. The Kier molecular flexibility index (Phi) is 17.6. The molecule has 0 aliphatic carbocycles. The van der Waals surface area contributed by atoms with Gasteiger partial charge in [-0.15, -0.1) is 9.24 Å². The topological polar surface area (TPSA) is 20.2 Å². The predicted octanol–water partition coefficient (Wildman–Crippen LogP) is 12.9. The van der Waals surface area contributed by atoms with Gasteiger partial charge in [-0.25, -0.2) is 0 Å². The average Bonchev–Trinajstić information content (AvgIpc) is 3.24. The third-order valence-electron chi connectivity index (χ3n) is 7.69. The summed E-state index contributed by atoms with van der Waals surface area (Å²) >= 11 is 0. The first-order valence-corrected chi connectivity index (χ1v) is 18.1. The van der Waals surface area contributed by atoms with Crippen LogP contribution in [-0.2, 0) is 0 Å². The lowest BCUT2D eigenvalue weighted by atomic mass is 10.1. The molecule has 8 rings (SSSR count). The highest BCUT2D eigenvalue weighted by Gasteiger charge is 1.98. The van der Waals surface area contributed by atoms with Gasteiger partial charge in [0, 0.05) is 6.61 Å². The van der Waals surface area contributed by atoms with E-state index in [4.69, 9.17) is 5.11 Å². The summed E-state index contributed by atoms with van der Waals surface area (Å²) in [5.74, 6) is 0. The minimum atomic E-state index is 0.250.